The minimum Gasteiger partial charge on any atom is -0.346 e. The van der Waals surface area contributed by atoms with Gasteiger partial charge in [0.25, 0.3) is 5.91 Å². The van der Waals surface area contributed by atoms with Crippen molar-refractivity contribution in [3.63, 3.8) is 0 Å². The predicted octanol–water partition coefficient (Wildman–Crippen LogP) is 4.86. The highest BCUT2D eigenvalue weighted by Gasteiger charge is 2.35. The molecule has 8 heteroatoms. The molecule has 1 aliphatic heterocycles. The van der Waals surface area contributed by atoms with Gasteiger partial charge in [-0.3, -0.25) is 9.59 Å². The van der Waals surface area contributed by atoms with E-state index in [4.69, 9.17) is 23.2 Å². The molecule has 0 bridgehead atoms. The second-order valence-electron chi connectivity index (χ2n) is 6.91. The first kappa shape index (κ1) is 20.6. The monoisotopic (exact) mass is 459 g/mol. The third kappa shape index (κ3) is 3.41. The van der Waals surface area contributed by atoms with Crippen LogP contribution in [0.15, 0.2) is 70.5 Å². The number of fused-ring (bicyclic) bond motifs is 2. The molecule has 0 saturated carbocycles. The van der Waals surface area contributed by atoms with E-state index >= 15 is 0 Å². The maximum Gasteiger partial charge on any atom is 0.251 e. The Morgan fingerprint density at radius 1 is 0.900 bits per heavy atom. The number of halogens is 2. The van der Waals surface area contributed by atoms with Crippen LogP contribution >= 0.6 is 23.2 Å². The Balaban J connectivity index is 1.67. The van der Waals surface area contributed by atoms with E-state index in [2.05, 4.69) is 5.32 Å². The fourth-order valence-corrected chi connectivity index (χ4v) is 5.35. The predicted molar refractivity (Wildman–Crippen MR) is 114 cm³/mol. The fraction of sp³-hybridized carbons (Fsp3) is 0.0909. The van der Waals surface area contributed by atoms with Crippen LogP contribution in [0.4, 0.5) is 0 Å². The van der Waals surface area contributed by atoms with Crippen LogP contribution in [0.2, 0.25) is 10.0 Å². The Morgan fingerprint density at radius 2 is 1.60 bits per heavy atom. The molecular weight excluding hydrogens is 445 g/mol. The lowest BCUT2D eigenvalue weighted by molar-refractivity contribution is 0.0938. The molecule has 3 aromatic carbocycles. The summed E-state index contributed by atoms with van der Waals surface area (Å²) >= 11 is 12.0. The number of benzene rings is 3. The van der Waals surface area contributed by atoms with Gasteiger partial charge in [0.15, 0.2) is 5.78 Å². The van der Waals surface area contributed by atoms with Crippen LogP contribution < -0.4 is 5.32 Å². The third-order valence-corrected chi connectivity index (χ3v) is 7.58. The topological polar surface area (TPSA) is 80.3 Å². The summed E-state index contributed by atoms with van der Waals surface area (Å²) in [6.45, 7) is 1.77. The van der Waals surface area contributed by atoms with E-state index in [9.17, 15) is 18.0 Å². The molecule has 0 saturated heterocycles. The molecule has 1 amide bonds. The number of ketones is 1. The quantitative estimate of drug-likeness (QED) is 0.474. The highest BCUT2D eigenvalue weighted by molar-refractivity contribution is 7.91. The van der Waals surface area contributed by atoms with Crippen LogP contribution in [0.3, 0.4) is 0 Å². The normalized spacial score (nSPS) is 15.1. The van der Waals surface area contributed by atoms with Gasteiger partial charge in [-0.15, -0.1) is 0 Å². The van der Waals surface area contributed by atoms with E-state index < -0.39 is 21.8 Å². The Bertz CT molecular complexity index is 1320. The molecular formula is C22H15Cl2NO4S. The molecule has 0 aliphatic carbocycles. The minimum atomic E-state index is -3.91. The molecule has 4 rings (SSSR count). The van der Waals surface area contributed by atoms with E-state index in [0.717, 1.165) is 5.56 Å². The molecule has 0 spiro atoms. The van der Waals surface area contributed by atoms with Gasteiger partial charge in [-0.2, -0.15) is 0 Å². The molecule has 5 nitrogen and oxygen atoms in total. The minimum absolute atomic E-state index is 0.0516. The summed E-state index contributed by atoms with van der Waals surface area (Å²) in [5.74, 6) is -0.857. The van der Waals surface area contributed by atoms with Gasteiger partial charge in [-0.1, -0.05) is 41.4 Å². The number of carbonyl (C=O) groups excluding carboxylic acids is 2. The zero-order valence-electron chi connectivity index (χ0n) is 15.6. The van der Waals surface area contributed by atoms with Crippen molar-refractivity contribution < 1.29 is 18.0 Å². The summed E-state index contributed by atoms with van der Waals surface area (Å²) in [5.41, 5.74) is 1.07. The van der Waals surface area contributed by atoms with Crippen LogP contribution in [0.1, 0.15) is 44.8 Å². The zero-order chi connectivity index (χ0) is 21.6. The molecule has 1 N–H and O–H groups in total. The summed E-state index contributed by atoms with van der Waals surface area (Å²) < 4.78 is 26.0. The van der Waals surface area contributed by atoms with E-state index in [0.29, 0.717) is 10.0 Å². The van der Waals surface area contributed by atoms with Gasteiger partial charge < -0.3 is 5.32 Å². The first-order valence-electron chi connectivity index (χ1n) is 8.99. The summed E-state index contributed by atoms with van der Waals surface area (Å²) in [7, 11) is -3.91. The van der Waals surface area contributed by atoms with Gasteiger partial charge in [0.05, 0.1) is 25.9 Å². The van der Waals surface area contributed by atoms with Crippen molar-refractivity contribution in [3.8, 4) is 0 Å². The maximum atomic E-state index is 13.0. The molecule has 0 radical (unpaired) electrons. The number of carbonyl (C=O) groups is 2. The highest BCUT2D eigenvalue weighted by atomic mass is 35.5. The number of hydrogen-bond donors (Lipinski definition) is 1. The average Bonchev–Trinajstić information content (AvgIpc) is 2.74. The maximum absolute atomic E-state index is 13.0. The smallest absolute Gasteiger partial charge is 0.251 e. The van der Waals surface area contributed by atoms with Crippen molar-refractivity contribution in [2.75, 3.05) is 0 Å². The summed E-state index contributed by atoms with van der Waals surface area (Å²) in [5, 5.41) is 3.58. The first-order chi connectivity index (χ1) is 14.2. The number of amides is 1. The van der Waals surface area contributed by atoms with Crippen molar-refractivity contribution in [1.29, 1.82) is 0 Å². The van der Waals surface area contributed by atoms with Crippen molar-refractivity contribution in [2.45, 2.75) is 22.8 Å². The molecule has 3 aromatic rings. The third-order valence-electron chi connectivity index (χ3n) is 4.99. The molecule has 30 heavy (non-hydrogen) atoms. The van der Waals surface area contributed by atoms with Crippen molar-refractivity contribution in [1.82, 2.24) is 5.32 Å². The largest absolute Gasteiger partial charge is 0.346 e. The lowest BCUT2D eigenvalue weighted by Gasteiger charge is -2.20. The number of nitrogens with one attached hydrogen (secondary N) is 1. The lowest BCUT2D eigenvalue weighted by Crippen LogP contribution is -2.27. The average molecular weight is 460 g/mol. The Labute approximate surface area is 183 Å². The van der Waals surface area contributed by atoms with E-state index in [1.54, 1.807) is 37.3 Å². The van der Waals surface area contributed by atoms with Crippen LogP contribution in [-0.2, 0) is 9.84 Å². The second-order valence-corrected chi connectivity index (χ2v) is 9.61. The molecule has 0 aromatic heterocycles. The number of sulfone groups is 1. The zero-order valence-corrected chi connectivity index (χ0v) is 18.0. The van der Waals surface area contributed by atoms with Crippen molar-refractivity contribution in [2.24, 2.45) is 0 Å². The van der Waals surface area contributed by atoms with Crippen LogP contribution in [-0.4, -0.2) is 20.1 Å². The van der Waals surface area contributed by atoms with Crippen molar-refractivity contribution >= 4 is 44.7 Å². The van der Waals surface area contributed by atoms with Gasteiger partial charge in [0.1, 0.15) is 0 Å². The Kier molecular flexibility index (Phi) is 5.18. The Hall–Kier alpha value is -2.67. The fourth-order valence-electron chi connectivity index (χ4n) is 3.37. The van der Waals surface area contributed by atoms with Gasteiger partial charge >= 0.3 is 0 Å². The van der Waals surface area contributed by atoms with Crippen LogP contribution in [0.5, 0.6) is 0 Å². The Morgan fingerprint density at radius 3 is 2.33 bits per heavy atom. The summed E-state index contributed by atoms with van der Waals surface area (Å²) in [6.07, 6.45) is 0. The van der Waals surface area contributed by atoms with Gasteiger partial charge in [0.2, 0.25) is 9.84 Å². The number of rotatable bonds is 3. The molecule has 1 atom stereocenters. The molecule has 1 unspecified atom stereocenters. The van der Waals surface area contributed by atoms with Gasteiger partial charge in [-0.25, -0.2) is 8.42 Å². The SMILES string of the molecule is CC(NC(=O)c1ccc2c(c1)S(=O)(=O)c1ccccc1C2=O)c1ccc(Cl)c(Cl)c1. The molecule has 1 aliphatic rings. The number of hydrogen-bond acceptors (Lipinski definition) is 4. The molecule has 152 valence electrons. The van der Waals surface area contributed by atoms with Gasteiger partial charge in [0, 0.05) is 16.7 Å². The summed E-state index contributed by atoms with van der Waals surface area (Å²) in [4.78, 5) is 25.2. The van der Waals surface area contributed by atoms with E-state index in [-0.39, 0.29) is 32.3 Å². The van der Waals surface area contributed by atoms with E-state index in [1.807, 2.05) is 0 Å². The van der Waals surface area contributed by atoms with Gasteiger partial charge in [-0.05, 0) is 55.0 Å². The highest BCUT2D eigenvalue weighted by Crippen LogP contribution is 2.35. The van der Waals surface area contributed by atoms with Crippen LogP contribution in [0.25, 0.3) is 0 Å². The van der Waals surface area contributed by atoms with Crippen molar-refractivity contribution in [3.05, 3.63) is 93.0 Å². The summed E-state index contributed by atoms with van der Waals surface area (Å²) in [6, 6.07) is 14.7. The molecule has 0 fully saturated rings. The van der Waals surface area contributed by atoms with E-state index in [1.165, 1.54) is 30.3 Å². The second kappa shape index (κ2) is 7.54. The van der Waals surface area contributed by atoms with Crippen LogP contribution in [0, 0.1) is 0 Å². The lowest BCUT2D eigenvalue weighted by atomic mass is 10.0. The standard InChI is InChI=1S/C22H15Cl2NO4S/c1-12(13-7-9-17(23)18(24)10-13)25-22(27)14-6-8-16-20(11-14)30(28,29)19-5-3-2-4-15(19)21(16)26/h2-12H,1H3,(H,25,27). The molecule has 1 heterocycles. The first-order valence-corrected chi connectivity index (χ1v) is 11.2.